The molecule has 2 aromatic rings. The monoisotopic (exact) mass is 346 g/mol. The molecular formula is C19H23ClN2O2. The predicted molar refractivity (Wildman–Crippen MR) is 97.8 cm³/mol. The van der Waals surface area contributed by atoms with Crippen molar-refractivity contribution in [1.29, 1.82) is 0 Å². The van der Waals surface area contributed by atoms with E-state index in [1.54, 1.807) is 6.07 Å². The molecule has 0 aromatic heterocycles. The minimum absolute atomic E-state index is 0.240. The highest BCUT2D eigenvalue weighted by Gasteiger charge is 2.05. The fraction of sp³-hybridized carbons (Fsp3) is 0.316. The van der Waals surface area contributed by atoms with Crippen molar-refractivity contribution in [3.05, 3.63) is 63.7 Å². The Bertz CT molecular complexity index is 717. The number of carbonyl (C=O) groups excluding carboxylic acids is 1. The van der Waals surface area contributed by atoms with Gasteiger partial charge < -0.3 is 15.4 Å². The summed E-state index contributed by atoms with van der Waals surface area (Å²) in [6, 6.07) is 11.3. The number of amides is 2. The Morgan fingerprint density at radius 3 is 2.50 bits per heavy atom. The molecule has 0 bridgehead atoms. The Hall–Kier alpha value is -2.20. The summed E-state index contributed by atoms with van der Waals surface area (Å²) in [5.41, 5.74) is 4.43. The molecule has 0 aliphatic heterocycles. The molecule has 0 radical (unpaired) electrons. The molecule has 0 fully saturated rings. The summed E-state index contributed by atoms with van der Waals surface area (Å²) in [7, 11) is 0. The zero-order valence-corrected chi connectivity index (χ0v) is 15.0. The Morgan fingerprint density at radius 1 is 1.04 bits per heavy atom. The molecule has 0 atom stereocenters. The lowest BCUT2D eigenvalue weighted by Crippen LogP contribution is -2.37. The molecular weight excluding hydrogens is 324 g/mol. The zero-order chi connectivity index (χ0) is 17.5. The highest BCUT2D eigenvalue weighted by molar-refractivity contribution is 6.31. The SMILES string of the molecule is Cc1cc(C)c(OCCNC(=O)NCc2ccccc2Cl)cc1C. The van der Waals surface area contributed by atoms with Gasteiger partial charge in [0.1, 0.15) is 12.4 Å². The van der Waals surface area contributed by atoms with Crippen LogP contribution in [0.2, 0.25) is 5.02 Å². The zero-order valence-electron chi connectivity index (χ0n) is 14.3. The van der Waals surface area contributed by atoms with Crippen LogP contribution in [0.1, 0.15) is 22.3 Å². The van der Waals surface area contributed by atoms with Gasteiger partial charge in [0.2, 0.25) is 0 Å². The summed E-state index contributed by atoms with van der Waals surface area (Å²) < 4.78 is 5.74. The maximum atomic E-state index is 11.8. The molecule has 0 unspecified atom stereocenters. The van der Waals surface area contributed by atoms with E-state index in [1.165, 1.54) is 11.1 Å². The minimum Gasteiger partial charge on any atom is -0.491 e. The number of aryl methyl sites for hydroxylation is 3. The molecule has 2 N–H and O–H groups in total. The van der Waals surface area contributed by atoms with E-state index in [2.05, 4.69) is 30.5 Å². The lowest BCUT2D eigenvalue weighted by molar-refractivity contribution is 0.236. The molecule has 0 spiro atoms. The number of nitrogens with one attached hydrogen (secondary N) is 2. The third-order valence-corrected chi connectivity index (χ3v) is 4.20. The molecule has 2 aromatic carbocycles. The van der Waals surface area contributed by atoms with E-state index in [0.717, 1.165) is 16.9 Å². The average molecular weight is 347 g/mol. The molecule has 2 rings (SSSR count). The fourth-order valence-corrected chi connectivity index (χ4v) is 2.50. The summed E-state index contributed by atoms with van der Waals surface area (Å²) in [4.78, 5) is 11.8. The van der Waals surface area contributed by atoms with Gasteiger partial charge >= 0.3 is 6.03 Å². The molecule has 0 saturated carbocycles. The van der Waals surface area contributed by atoms with Gasteiger partial charge in [0.15, 0.2) is 0 Å². The normalized spacial score (nSPS) is 10.3. The second-order valence-corrected chi connectivity index (χ2v) is 6.16. The summed E-state index contributed by atoms with van der Waals surface area (Å²) in [6.45, 7) is 7.40. The first kappa shape index (κ1) is 18.1. The van der Waals surface area contributed by atoms with Crippen LogP contribution in [0.5, 0.6) is 5.75 Å². The van der Waals surface area contributed by atoms with Crippen LogP contribution >= 0.6 is 11.6 Å². The Morgan fingerprint density at radius 2 is 1.75 bits per heavy atom. The lowest BCUT2D eigenvalue weighted by Gasteiger charge is -2.13. The van der Waals surface area contributed by atoms with E-state index in [4.69, 9.17) is 16.3 Å². The van der Waals surface area contributed by atoms with E-state index >= 15 is 0 Å². The van der Waals surface area contributed by atoms with Crippen LogP contribution in [0.4, 0.5) is 4.79 Å². The van der Waals surface area contributed by atoms with Gasteiger partial charge in [-0.25, -0.2) is 4.79 Å². The van der Waals surface area contributed by atoms with Crippen molar-refractivity contribution in [3.63, 3.8) is 0 Å². The van der Waals surface area contributed by atoms with Crippen molar-refractivity contribution in [1.82, 2.24) is 10.6 Å². The van der Waals surface area contributed by atoms with Crippen molar-refractivity contribution < 1.29 is 9.53 Å². The van der Waals surface area contributed by atoms with Gasteiger partial charge in [0.05, 0.1) is 6.54 Å². The second-order valence-electron chi connectivity index (χ2n) is 5.75. The van der Waals surface area contributed by atoms with Crippen LogP contribution in [0.3, 0.4) is 0 Å². The first-order chi connectivity index (χ1) is 11.5. The molecule has 24 heavy (non-hydrogen) atoms. The van der Waals surface area contributed by atoms with Crippen LogP contribution in [0.25, 0.3) is 0 Å². The van der Waals surface area contributed by atoms with Crippen molar-refractivity contribution in [2.45, 2.75) is 27.3 Å². The molecule has 0 heterocycles. The molecule has 5 heteroatoms. The molecule has 0 aliphatic carbocycles. The number of urea groups is 1. The largest absolute Gasteiger partial charge is 0.491 e. The highest BCUT2D eigenvalue weighted by atomic mass is 35.5. The number of hydrogen-bond donors (Lipinski definition) is 2. The van der Waals surface area contributed by atoms with Gasteiger partial charge in [-0.3, -0.25) is 0 Å². The Balaban J connectivity index is 1.71. The number of benzene rings is 2. The van der Waals surface area contributed by atoms with Crippen LogP contribution in [0, 0.1) is 20.8 Å². The number of hydrogen-bond acceptors (Lipinski definition) is 2. The van der Waals surface area contributed by atoms with E-state index in [1.807, 2.05) is 31.2 Å². The molecule has 128 valence electrons. The maximum absolute atomic E-state index is 11.8. The van der Waals surface area contributed by atoms with Crippen molar-refractivity contribution in [3.8, 4) is 5.75 Å². The Labute approximate surface area is 148 Å². The predicted octanol–water partition coefficient (Wildman–Crippen LogP) is 4.14. The van der Waals surface area contributed by atoms with E-state index < -0.39 is 0 Å². The first-order valence-corrected chi connectivity index (χ1v) is 8.31. The molecule has 0 saturated heterocycles. The van der Waals surface area contributed by atoms with Crippen LogP contribution in [-0.2, 0) is 6.54 Å². The van der Waals surface area contributed by atoms with Crippen LogP contribution < -0.4 is 15.4 Å². The first-order valence-electron chi connectivity index (χ1n) is 7.93. The van der Waals surface area contributed by atoms with Crippen LogP contribution in [-0.4, -0.2) is 19.2 Å². The lowest BCUT2D eigenvalue weighted by atomic mass is 10.1. The number of halogens is 1. The third-order valence-electron chi connectivity index (χ3n) is 3.83. The number of rotatable bonds is 6. The van der Waals surface area contributed by atoms with E-state index in [-0.39, 0.29) is 6.03 Å². The number of carbonyl (C=O) groups is 1. The van der Waals surface area contributed by atoms with E-state index in [9.17, 15) is 4.79 Å². The van der Waals surface area contributed by atoms with Gasteiger partial charge in [-0.2, -0.15) is 0 Å². The molecule has 4 nitrogen and oxygen atoms in total. The smallest absolute Gasteiger partial charge is 0.315 e. The van der Waals surface area contributed by atoms with E-state index in [0.29, 0.717) is 24.7 Å². The quantitative estimate of drug-likeness (QED) is 0.772. The standard InChI is InChI=1S/C19H23ClN2O2/c1-13-10-15(3)18(11-14(13)2)24-9-8-21-19(23)22-12-16-6-4-5-7-17(16)20/h4-7,10-11H,8-9,12H2,1-3H3,(H2,21,22,23). The van der Waals surface area contributed by atoms with Gasteiger partial charge in [-0.05, 0) is 55.2 Å². The summed E-state index contributed by atoms with van der Waals surface area (Å²) in [5.74, 6) is 0.858. The third kappa shape index (κ3) is 5.17. The summed E-state index contributed by atoms with van der Waals surface area (Å²) in [5, 5.41) is 6.19. The Kier molecular flexibility index (Phi) is 6.50. The van der Waals surface area contributed by atoms with Gasteiger partial charge in [0.25, 0.3) is 0 Å². The average Bonchev–Trinajstić information content (AvgIpc) is 2.55. The maximum Gasteiger partial charge on any atom is 0.315 e. The van der Waals surface area contributed by atoms with Crippen molar-refractivity contribution in [2.24, 2.45) is 0 Å². The highest BCUT2D eigenvalue weighted by Crippen LogP contribution is 2.22. The van der Waals surface area contributed by atoms with Gasteiger partial charge in [0, 0.05) is 11.6 Å². The van der Waals surface area contributed by atoms with Crippen LogP contribution in [0.15, 0.2) is 36.4 Å². The van der Waals surface area contributed by atoms with Gasteiger partial charge in [-0.1, -0.05) is 35.9 Å². The minimum atomic E-state index is -0.240. The van der Waals surface area contributed by atoms with Gasteiger partial charge in [-0.15, -0.1) is 0 Å². The van der Waals surface area contributed by atoms with Crippen molar-refractivity contribution >= 4 is 17.6 Å². The van der Waals surface area contributed by atoms with Crippen molar-refractivity contribution in [2.75, 3.05) is 13.2 Å². The second kappa shape index (κ2) is 8.60. The fourth-order valence-electron chi connectivity index (χ4n) is 2.29. The summed E-state index contributed by atoms with van der Waals surface area (Å²) >= 11 is 6.05. The summed E-state index contributed by atoms with van der Waals surface area (Å²) in [6.07, 6.45) is 0. The topological polar surface area (TPSA) is 50.4 Å². The number of ether oxygens (including phenoxy) is 1. The molecule has 2 amide bonds. The molecule has 0 aliphatic rings.